The largest absolute Gasteiger partial charge is 0.497 e. The van der Waals surface area contributed by atoms with Crippen LogP contribution in [-0.2, 0) is 14.3 Å². The Kier molecular flexibility index (Phi) is 5.72. The van der Waals surface area contributed by atoms with Crippen LogP contribution in [0.25, 0.3) is 6.08 Å². The van der Waals surface area contributed by atoms with Crippen LogP contribution >= 0.6 is 0 Å². The van der Waals surface area contributed by atoms with E-state index in [9.17, 15) is 9.59 Å². The number of carbonyl (C=O) groups excluding carboxylic acids is 2. The average molecular weight is 266 g/mol. The number of carbonyl (C=O) groups is 2. The lowest BCUT2D eigenvalue weighted by Gasteiger charge is -2.04. The summed E-state index contributed by atoms with van der Waals surface area (Å²) >= 11 is 0. The van der Waals surface area contributed by atoms with Crippen LogP contribution in [0.3, 0.4) is 0 Å². The lowest BCUT2D eigenvalue weighted by Crippen LogP contribution is -2.28. The Hall–Kier alpha value is -2.18. The Morgan fingerprint density at radius 1 is 1.32 bits per heavy atom. The van der Waals surface area contributed by atoms with Crippen molar-refractivity contribution in [1.29, 1.82) is 0 Å². The first kappa shape index (κ1) is 14.9. The highest BCUT2D eigenvalue weighted by Crippen LogP contribution is 2.12. The van der Waals surface area contributed by atoms with E-state index in [1.54, 1.807) is 31.4 Å². The molecule has 19 heavy (non-hydrogen) atoms. The van der Waals surface area contributed by atoms with Crippen molar-refractivity contribution in [3.05, 3.63) is 35.9 Å². The third-order valence-corrected chi connectivity index (χ3v) is 2.17. The number of aliphatic hydroxyl groups is 2. The molecule has 1 aromatic carbocycles. The van der Waals surface area contributed by atoms with E-state index in [0.717, 1.165) is 6.08 Å². The third-order valence-electron chi connectivity index (χ3n) is 2.17. The summed E-state index contributed by atoms with van der Waals surface area (Å²) in [5, 5.41) is 17.4. The van der Waals surface area contributed by atoms with Crippen molar-refractivity contribution >= 4 is 18.0 Å². The van der Waals surface area contributed by atoms with Crippen molar-refractivity contribution in [3.63, 3.8) is 0 Å². The highest BCUT2D eigenvalue weighted by Gasteiger charge is 2.17. The van der Waals surface area contributed by atoms with Gasteiger partial charge in [0.15, 0.2) is 6.10 Å². The predicted molar refractivity (Wildman–Crippen MR) is 66.2 cm³/mol. The molecule has 2 N–H and O–H groups in total. The van der Waals surface area contributed by atoms with Gasteiger partial charge in [-0.1, -0.05) is 12.1 Å². The Balaban J connectivity index is 2.55. The predicted octanol–water partition coefficient (Wildman–Crippen LogP) is 0.131. The monoisotopic (exact) mass is 266 g/mol. The topological polar surface area (TPSA) is 93.1 Å². The van der Waals surface area contributed by atoms with E-state index in [-0.39, 0.29) is 0 Å². The van der Waals surface area contributed by atoms with Crippen LogP contribution in [0.4, 0.5) is 0 Å². The van der Waals surface area contributed by atoms with E-state index in [1.165, 1.54) is 6.08 Å². The van der Waals surface area contributed by atoms with Crippen molar-refractivity contribution < 1.29 is 29.3 Å². The molecule has 0 aromatic heterocycles. The third kappa shape index (κ3) is 4.90. The maximum Gasteiger partial charge on any atom is 0.345 e. The molecule has 102 valence electrons. The van der Waals surface area contributed by atoms with E-state index < -0.39 is 24.6 Å². The summed E-state index contributed by atoms with van der Waals surface area (Å²) in [6.45, 7) is -0.797. The van der Waals surface area contributed by atoms with Crippen LogP contribution in [0.5, 0.6) is 5.75 Å². The number of aliphatic hydroxyl groups excluding tert-OH is 2. The van der Waals surface area contributed by atoms with Gasteiger partial charge in [-0.05, 0) is 23.8 Å². The smallest absolute Gasteiger partial charge is 0.345 e. The summed E-state index contributed by atoms with van der Waals surface area (Å²) in [4.78, 5) is 22.2. The highest BCUT2D eigenvalue weighted by molar-refractivity contribution is 5.95. The molecule has 0 saturated heterocycles. The van der Waals surface area contributed by atoms with Crippen LogP contribution in [0.2, 0.25) is 0 Å². The zero-order chi connectivity index (χ0) is 14.3. The minimum Gasteiger partial charge on any atom is -0.497 e. The summed E-state index contributed by atoms with van der Waals surface area (Å²) in [5.41, 5.74) is 0.716. The standard InChI is InChI=1S/C13H14O6/c1-18-10-5-2-9(3-6-10)4-7-12(16)19-13(17)11(15)8-14/h2-7,11,14-15H,8H2,1H3. The molecule has 0 aliphatic carbocycles. The number of ether oxygens (including phenoxy) is 2. The molecule has 6 nitrogen and oxygen atoms in total. The summed E-state index contributed by atoms with van der Waals surface area (Å²) in [7, 11) is 1.54. The fourth-order valence-electron chi connectivity index (χ4n) is 1.16. The number of methoxy groups -OCH3 is 1. The lowest BCUT2D eigenvalue weighted by atomic mass is 10.2. The number of esters is 2. The molecule has 0 saturated carbocycles. The molecule has 0 heterocycles. The van der Waals surface area contributed by atoms with Gasteiger partial charge in [-0.3, -0.25) is 0 Å². The zero-order valence-corrected chi connectivity index (χ0v) is 10.3. The van der Waals surface area contributed by atoms with Gasteiger partial charge >= 0.3 is 11.9 Å². The normalized spacial score (nSPS) is 12.2. The van der Waals surface area contributed by atoms with E-state index in [1.807, 2.05) is 0 Å². The minimum absolute atomic E-state index is 0.681. The fourth-order valence-corrected chi connectivity index (χ4v) is 1.16. The van der Waals surface area contributed by atoms with Crippen molar-refractivity contribution in [1.82, 2.24) is 0 Å². The number of hydrogen-bond acceptors (Lipinski definition) is 6. The van der Waals surface area contributed by atoms with Gasteiger partial charge in [-0.25, -0.2) is 9.59 Å². The van der Waals surface area contributed by atoms with Crippen molar-refractivity contribution in [3.8, 4) is 5.75 Å². The van der Waals surface area contributed by atoms with Gasteiger partial charge < -0.3 is 19.7 Å². The van der Waals surface area contributed by atoms with Gasteiger partial charge in [0, 0.05) is 6.08 Å². The molecule has 0 spiro atoms. The Morgan fingerprint density at radius 2 is 1.95 bits per heavy atom. The maximum atomic E-state index is 11.2. The average Bonchev–Trinajstić information content (AvgIpc) is 2.44. The quantitative estimate of drug-likeness (QED) is 0.447. The van der Waals surface area contributed by atoms with Gasteiger partial charge in [-0.2, -0.15) is 0 Å². The Morgan fingerprint density at radius 3 is 2.47 bits per heavy atom. The molecule has 0 aliphatic rings. The Labute approximate surface area is 109 Å². The molecular formula is C13H14O6. The van der Waals surface area contributed by atoms with Crippen molar-refractivity contribution in [2.24, 2.45) is 0 Å². The molecule has 0 bridgehead atoms. The molecular weight excluding hydrogens is 252 g/mol. The molecule has 0 fully saturated rings. The van der Waals surface area contributed by atoms with Gasteiger partial charge in [0.1, 0.15) is 5.75 Å². The molecule has 1 rings (SSSR count). The number of benzene rings is 1. The second kappa shape index (κ2) is 7.30. The summed E-state index contributed by atoms with van der Waals surface area (Å²) in [6, 6.07) is 6.86. The van der Waals surface area contributed by atoms with Gasteiger partial charge in [-0.15, -0.1) is 0 Å². The highest BCUT2D eigenvalue weighted by atomic mass is 16.6. The SMILES string of the molecule is COc1ccc(C=CC(=O)OC(=O)C(O)CO)cc1. The van der Waals surface area contributed by atoms with Gasteiger partial charge in [0.05, 0.1) is 13.7 Å². The first-order chi connectivity index (χ1) is 9.06. The molecule has 0 radical (unpaired) electrons. The van der Waals surface area contributed by atoms with Gasteiger partial charge in [0.2, 0.25) is 0 Å². The number of hydrogen-bond donors (Lipinski definition) is 2. The van der Waals surface area contributed by atoms with Crippen LogP contribution in [-0.4, -0.2) is 42.0 Å². The summed E-state index contributed by atoms with van der Waals surface area (Å²) < 4.78 is 9.24. The first-order valence-corrected chi connectivity index (χ1v) is 5.43. The fraction of sp³-hybridized carbons (Fsp3) is 0.231. The number of rotatable bonds is 5. The molecule has 1 aromatic rings. The molecule has 0 aliphatic heterocycles. The first-order valence-electron chi connectivity index (χ1n) is 5.43. The van der Waals surface area contributed by atoms with E-state index >= 15 is 0 Å². The lowest BCUT2D eigenvalue weighted by molar-refractivity contribution is -0.164. The van der Waals surface area contributed by atoms with Crippen LogP contribution in [0, 0.1) is 0 Å². The Bertz CT molecular complexity index is 463. The van der Waals surface area contributed by atoms with Crippen LogP contribution in [0.1, 0.15) is 5.56 Å². The zero-order valence-electron chi connectivity index (χ0n) is 10.3. The van der Waals surface area contributed by atoms with Crippen LogP contribution in [0.15, 0.2) is 30.3 Å². The van der Waals surface area contributed by atoms with E-state index in [2.05, 4.69) is 4.74 Å². The van der Waals surface area contributed by atoms with Crippen molar-refractivity contribution in [2.45, 2.75) is 6.10 Å². The minimum atomic E-state index is -1.71. The van der Waals surface area contributed by atoms with Crippen molar-refractivity contribution in [2.75, 3.05) is 13.7 Å². The second-order valence-electron chi connectivity index (χ2n) is 3.54. The molecule has 1 atom stereocenters. The second-order valence-corrected chi connectivity index (χ2v) is 3.54. The maximum absolute atomic E-state index is 11.2. The molecule has 1 unspecified atom stereocenters. The van der Waals surface area contributed by atoms with Gasteiger partial charge in [0.25, 0.3) is 0 Å². The van der Waals surface area contributed by atoms with E-state index in [0.29, 0.717) is 11.3 Å². The van der Waals surface area contributed by atoms with Crippen LogP contribution < -0.4 is 4.74 Å². The molecule has 6 heteroatoms. The summed E-state index contributed by atoms with van der Waals surface area (Å²) in [6.07, 6.45) is 0.780. The van der Waals surface area contributed by atoms with E-state index in [4.69, 9.17) is 14.9 Å². The summed E-state index contributed by atoms with van der Waals surface area (Å²) in [5.74, 6) is -1.43. The molecule has 0 amide bonds.